The zero-order valence-electron chi connectivity index (χ0n) is 13.3. The van der Waals surface area contributed by atoms with Gasteiger partial charge in [0.1, 0.15) is 0 Å². The molecule has 4 atom stereocenters. The van der Waals surface area contributed by atoms with Crippen molar-refractivity contribution >= 4 is 30.7 Å². The molecule has 4 unspecified atom stereocenters. The molecule has 20 heavy (non-hydrogen) atoms. The quantitative estimate of drug-likeness (QED) is 0.859. The number of likely N-dealkylation sites (tertiary alicyclic amines) is 1. The van der Waals surface area contributed by atoms with E-state index in [1.165, 1.54) is 0 Å². The van der Waals surface area contributed by atoms with Crippen LogP contribution in [-0.4, -0.2) is 54.5 Å². The third-order valence-corrected chi connectivity index (χ3v) is 4.41. The largest absolute Gasteiger partial charge is 0.342 e. The van der Waals surface area contributed by atoms with Gasteiger partial charge in [-0.2, -0.15) is 0 Å². The lowest BCUT2D eigenvalue weighted by atomic mass is 9.91. The lowest BCUT2D eigenvalue weighted by molar-refractivity contribution is -0.138. The second-order valence-corrected chi connectivity index (χ2v) is 5.82. The molecule has 0 spiro atoms. The lowest BCUT2D eigenvalue weighted by Crippen LogP contribution is -2.52. The smallest absolute Gasteiger partial charge is 0.226 e. The fraction of sp³-hybridized carbons (Fsp3) is 0.929. The Hall–Kier alpha value is -0.0300. The highest BCUT2D eigenvalue weighted by molar-refractivity contribution is 5.85. The minimum Gasteiger partial charge on any atom is -0.342 e. The Labute approximate surface area is 136 Å². The Morgan fingerprint density at radius 1 is 1.40 bits per heavy atom. The summed E-state index contributed by atoms with van der Waals surface area (Å²) >= 11 is 0. The third-order valence-electron chi connectivity index (χ3n) is 4.41. The van der Waals surface area contributed by atoms with E-state index >= 15 is 0 Å². The Morgan fingerprint density at radius 3 is 2.35 bits per heavy atom. The van der Waals surface area contributed by atoms with Gasteiger partial charge >= 0.3 is 0 Å². The van der Waals surface area contributed by atoms with E-state index in [0.29, 0.717) is 12.0 Å². The Bertz CT molecular complexity index is 290. The highest BCUT2D eigenvalue weighted by atomic mass is 35.5. The van der Waals surface area contributed by atoms with Gasteiger partial charge in [0, 0.05) is 32.2 Å². The van der Waals surface area contributed by atoms with E-state index in [1.807, 2.05) is 25.8 Å². The topological polar surface area (TPSA) is 49.6 Å². The van der Waals surface area contributed by atoms with Crippen molar-refractivity contribution in [2.45, 2.75) is 46.2 Å². The first-order valence-electron chi connectivity index (χ1n) is 7.13. The molecule has 0 aromatic heterocycles. The van der Waals surface area contributed by atoms with Gasteiger partial charge in [0.2, 0.25) is 5.91 Å². The minimum absolute atomic E-state index is 0. The molecular formula is C14H31Cl2N3O. The van der Waals surface area contributed by atoms with Gasteiger partial charge in [-0.15, -0.1) is 24.8 Å². The van der Waals surface area contributed by atoms with Crippen molar-refractivity contribution in [1.82, 2.24) is 9.80 Å². The molecule has 122 valence electrons. The lowest BCUT2D eigenvalue weighted by Gasteiger charge is -2.42. The van der Waals surface area contributed by atoms with E-state index in [1.54, 1.807) is 0 Å². The molecule has 1 fully saturated rings. The zero-order chi connectivity index (χ0) is 13.9. The molecular weight excluding hydrogens is 297 g/mol. The van der Waals surface area contributed by atoms with Crippen LogP contribution in [0, 0.1) is 11.8 Å². The summed E-state index contributed by atoms with van der Waals surface area (Å²) in [7, 11) is 1.93. The van der Waals surface area contributed by atoms with Crippen molar-refractivity contribution in [2.24, 2.45) is 17.6 Å². The van der Waals surface area contributed by atoms with Crippen LogP contribution in [0.15, 0.2) is 0 Å². The van der Waals surface area contributed by atoms with E-state index in [9.17, 15) is 4.79 Å². The molecule has 0 radical (unpaired) electrons. The van der Waals surface area contributed by atoms with Gasteiger partial charge in [-0.1, -0.05) is 20.8 Å². The molecule has 2 N–H and O–H groups in total. The third kappa shape index (κ3) is 5.40. The summed E-state index contributed by atoms with van der Waals surface area (Å²) in [5.74, 6) is 0.631. The molecule has 4 nitrogen and oxygen atoms in total. The predicted molar refractivity (Wildman–Crippen MR) is 89.8 cm³/mol. The van der Waals surface area contributed by atoms with E-state index in [2.05, 4.69) is 18.7 Å². The monoisotopic (exact) mass is 327 g/mol. The molecule has 0 aliphatic carbocycles. The Morgan fingerprint density at radius 2 is 1.95 bits per heavy atom. The number of amides is 1. The number of nitrogens with zero attached hydrogens (tertiary/aromatic N) is 2. The summed E-state index contributed by atoms with van der Waals surface area (Å²) in [5.41, 5.74) is 5.83. The summed E-state index contributed by atoms with van der Waals surface area (Å²) in [6, 6.07) is 0.285. The molecule has 1 aliphatic rings. The highest BCUT2D eigenvalue weighted by Gasteiger charge is 2.32. The van der Waals surface area contributed by atoms with Gasteiger partial charge in [-0.05, 0) is 25.8 Å². The normalized spacial score (nSPS) is 25.9. The number of halogens is 2. The molecule has 6 heteroatoms. The standard InChI is InChI=1S/C14H29N3O.2ClH/c1-6-17-8-7-13(10(2)9-17)16(5)14(18)11(3)12(4)15;;/h10-13H,6-9,15H2,1-5H3;2*1H. The van der Waals surface area contributed by atoms with Crippen LogP contribution < -0.4 is 5.73 Å². The van der Waals surface area contributed by atoms with Crippen molar-refractivity contribution < 1.29 is 4.79 Å². The molecule has 1 rings (SSSR count). The molecule has 1 heterocycles. The molecule has 1 saturated heterocycles. The van der Waals surface area contributed by atoms with Crippen LogP contribution in [0.3, 0.4) is 0 Å². The van der Waals surface area contributed by atoms with E-state index in [4.69, 9.17) is 5.73 Å². The summed E-state index contributed by atoms with van der Waals surface area (Å²) in [4.78, 5) is 16.7. The molecule has 0 aromatic rings. The van der Waals surface area contributed by atoms with E-state index in [0.717, 1.165) is 26.1 Å². The first-order valence-corrected chi connectivity index (χ1v) is 7.13. The van der Waals surface area contributed by atoms with Gasteiger partial charge in [-0.25, -0.2) is 0 Å². The number of nitrogens with two attached hydrogens (primary N) is 1. The number of rotatable bonds is 4. The van der Waals surface area contributed by atoms with Gasteiger partial charge in [0.05, 0.1) is 5.92 Å². The van der Waals surface area contributed by atoms with E-state index in [-0.39, 0.29) is 42.7 Å². The van der Waals surface area contributed by atoms with Crippen molar-refractivity contribution in [3.8, 4) is 0 Å². The van der Waals surface area contributed by atoms with Gasteiger partial charge in [-0.3, -0.25) is 4.79 Å². The Kier molecular flexibility index (Phi) is 10.9. The molecule has 1 amide bonds. The molecule has 0 bridgehead atoms. The maximum atomic E-state index is 12.3. The minimum atomic E-state index is -0.0913. The van der Waals surface area contributed by atoms with Crippen LogP contribution in [-0.2, 0) is 4.79 Å². The van der Waals surface area contributed by atoms with Crippen molar-refractivity contribution in [3.63, 3.8) is 0 Å². The number of hydrogen-bond acceptors (Lipinski definition) is 3. The van der Waals surface area contributed by atoms with Crippen molar-refractivity contribution in [1.29, 1.82) is 0 Å². The summed E-state index contributed by atoms with van der Waals surface area (Å²) < 4.78 is 0. The van der Waals surface area contributed by atoms with Crippen LogP contribution in [0.1, 0.15) is 34.1 Å². The fourth-order valence-electron chi connectivity index (χ4n) is 2.79. The van der Waals surface area contributed by atoms with E-state index < -0.39 is 0 Å². The average Bonchev–Trinajstić information content (AvgIpc) is 2.35. The van der Waals surface area contributed by atoms with Crippen molar-refractivity contribution in [3.05, 3.63) is 0 Å². The second kappa shape index (κ2) is 9.82. The maximum absolute atomic E-state index is 12.3. The number of piperidine rings is 1. The molecule has 1 aliphatic heterocycles. The SMILES string of the molecule is CCN1CCC(N(C)C(=O)C(C)C(C)N)C(C)C1.Cl.Cl. The summed E-state index contributed by atoms with van der Waals surface area (Å²) in [5, 5.41) is 0. The predicted octanol–water partition coefficient (Wildman–Crippen LogP) is 2.00. The first kappa shape index (κ1) is 22.3. The number of carbonyl (C=O) groups excluding carboxylic acids is 1. The number of hydrogen-bond donors (Lipinski definition) is 1. The Balaban J connectivity index is 0. The van der Waals surface area contributed by atoms with Crippen LogP contribution in [0.25, 0.3) is 0 Å². The van der Waals surface area contributed by atoms with Crippen LogP contribution in [0.5, 0.6) is 0 Å². The van der Waals surface area contributed by atoms with Crippen LogP contribution >= 0.6 is 24.8 Å². The molecule has 0 saturated carbocycles. The van der Waals surface area contributed by atoms with Crippen molar-refractivity contribution in [2.75, 3.05) is 26.7 Å². The zero-order valence-corrected chi connectivity index (χ0v) is 15.0. The molecule has 0 aromatic carbocycles. The average molecular weight is 328 g/mol. The van der Waals surface area contributed by atoms with Gasteiger partial charge in [0.15, 0.2) is 0 Å². The number of carbonyl (C=O) groups is 1. The van der Waals surface area contributed by atoms with Gasteiger partial charge in [0.25, 0.3) is 0 Å². The summed E-state index contributed by atoms with van der Waals surface area (Å²) in [6.07, 6.45) is 1.07. The highest BCUT2D eigenvalue weighted by Crippen LogP contribution is 2.22. The fourth-order valence-corrected chi connectivity index (χ4v) is 2.79. The first-order chi connectivity index (χ1) is 8.38. The van der Waals surface area contributed by atoms with Gasteiger partial charge < -0.3 is 15.5 Å². The van der Waals surface area contributed by atoms with Crippen LogP contribution in [0.2, 0.25) is 0 Å². The summed E-state index contributed by atoms with van der Waals surface area (Å²) in [6.45, 7) is 11.5. The maximum Gasteiger partial charge on any atom is 0.226 e. The van der Waals surface area contributed by atoms with Crippen LogP contribution in [0.4, 0.5) is 0 Å². The second-order valence-electron chi connectivity index (χ2n) is 5.82.